The summed E-state index contributed by atoms with van der Waals surface area (Å²) in [6.07, 6.45) is -45.1. The van der Waals surface area contributed by atoms with Crippen LogP contribution in [-0.4, -0.2) is 12.8 Å². The van der Waals surface area contributed by atoms with Crippen molar-refractivity contribution in [1.82, 2.24) is 0 Å². The lowest BCUT2D eigenvalue weighted by molar-refractivity contribution is -0.871. The number of hydrogen-bond donors (Lipinski definition) is 0. The van der Waals surface area contributed by atoms with Gasteiger partial charge in [0, 0.05) is 16.9 Å². The van der Waals surface area contributed by atoms with E-state index >= 15 is 0 Å². The highest BCUT2D eigenvalue weighted by atomic mass is 19.4. The molecule has 414 valence electrons. The largest absolute Gasteiger partial charge is 0.416 e. The van der Waals surface area contributed by atoms with Crippen LogP contribution in [0.5, 0.6) is 0 Å². The van der Waals surface area contributed by atoms with Gasteiger partial charge in [-0.3, -0.25) is 4.84 Å². The number of unbranched alkanes of at least 4 members (excludes halogenated alkanes) is 5. The number of aromatic nitrogens is 1. The molecule has 1 aromatic heterocycles. The number of fused-ring (bicyclic) bond motifs is 1. The number of nitrogens with zero attached hydrogens (tertiary/aromatic N) is 1. The molecule has 76 heavy (non-hydrogen) atoms. The maximum atomic E-state index is 14.2. The monoisotopic (exact) mass is 1120 g/mol. The predicted molar refractivity (Wildman–Crippen MR) is 229 cm³/mol. The summed E-state index contributed by atoms with van der Waals surface area (Å²) >= 11 is 0. The highest BCUT2D eigenvalue weighted by molar-refractivity contribution is 7.20. The molecular weight excluding hydrogens is 1090 g/mol. The van der Waals surface area contributed by atoms with Gasteiger partial charge in [-0.25, -0.2) is 0 Å². The van der Waals surface area contributed by atoms with E-state index in [-0.39, 0.29) is 0 Å². The summed E-state index contributed by atoms with van der Waals surface area (Å²) in [5.41, 5.74) is -29.1. The van der Waals surface area contributed by atoms with E-state index in [1.54, 1.807) is 0 Å². The summed E-state index contributed by atoms with van der Waals surface area (Å²) in [5, 5.41) is 1.22. The number of hydrogen-bond acceptors (Lipinski definition) is 1. The van der Waals surface area contributed by atoms with E-state index in [2.05, 4.69) is 31.2 Å². The van der Waals surface area contributed by atoms with Crippen molar-refractivity contribution in [2.45, 2.75) is 94.9 Å². The summed E-state index contributed by atoms with van der Waals surface area (Å²) in [7, 11) is 0. The molecule has 0 aliphatic carbocycles. The molecule has 27 heteroatoms. The lowest BCUT2D eigenvalue weighted by Gasteiger charge is -2.46. The summed E-state index contributed by atoms with van der Waals surface area (Å²) in [5.74, 6) is 0. The van der Waals surface area contributed by atoms with E-state index in [0.717, 1.165) is 18.5 Å². The Morgan fingerprint density at radius 1 is 0.342 bits per heavy atom. The highest BCUT2D eigenvalue weighted by Crippen LogP contribution is 2.41. The van der Waals surface area contributed by atoms with Crippen LogP contribution in [0.15, 0.2) is 115 Å². The Kier molecular flexibility index (Phi) is 17.5. The van der Waals surface area contributed by atoms with E-state index in [1.165, 1.54) is 37.5 Å². The number of alkyl halides is 24. The fourth-order valence-corrected chi connectivity index (χ4v) is 8.36. The summed E-state index contributed by atoms with van der Waals surface area (Å²) in [4.78, 5) is 5.84. The molecule has 0 fully saturated rings. The minimum Gasteiger partial charge on any atom is -0.271 e. The third kappa shape index (κ3) is 14.6. The van der Waals surface area contributed by atoms with Gasteiger partial charge >= 0.3 is 49.4 Å². The molecule has 1 heterocycles. The third-order valence-electron chi connectivity index (χ3n) is 11.8. The lowest BCUT2D eigenvalue weighted by Crippen LogP contribution is -2.75. The number of benzene rings is 5. The first-order chi connectivity index (χ1) is 34.7. The van der Waals surface area contributed by atoms with Gasteiger partial charge in [0.15, 0.2) is 6.61 Å². The minimum atomic E-state index is -6.13. The summed E-state index contributed by atoms with van der Waals surface area (Å²) in [6, 6.07) is 3.64. The fourth-order valence-electron chi connectivity index (χ4n) is 8.36. The zero-order valence-electron chi connectivity index (χ0n) is 38.4. The van der Waals surface area contributed by atoms with Crippen LogP contribution in [0.2, 0.25) is 0 Å². The van der Waals surface area contributed by atoms with Gasteiger partial charge in [-0.2, -0.15) is 127 Å². The van der Waals surface area contributed by atoms with E-state index in [9.17, 15) is 105 Å². The number of pyridine rings is 1. The molecule has 6 rings (SSSR count). The smallest absolute Gasteiger partial charge is 0.271 e. The Hall–Kier alpha value is -6.31. The molecule has 0 N–H and O–H groups in total. The van der Waals surface area contributed by atoms with Gasteiger partial charge < -0.3 is 0 Å². The van der Waals surface area contributed by atoms with Crippen molar-refractivity contribution >= 4 is 38.9 Å². The Balaban J connectivity index is 0.000000468. The minimum absolute atomic E-state index is 0.691. The quantitative estimate of drug-likeness (QED) is 0.0515. The Morgan fingerprint density at radius 3 is 0.895 bits per heavy atom. The zero-order valence-corrected chi connectivity index (χ0v) is 38.4. The van der Waals surface area contributed by atoms with Crippen LogP contribution >= 0.6 is 0 Å². The van der Waals surface area contributed by atoms with Crippen LogP contribution in [0.3, 0.4) is 0 Å². The highest BCUT2D eigenvalue weighted by Gasteiger charge is 2.47. The van der Waals surface area contributed by atoms with E-state index in [4.69, 9.17) is 4.84 Å². The molecule has 0 spiro atoms. The van der Waals surface area contributed by atoms with Crippen LogP contribution in [0.25, 0.3) is 10.9 Å². The fraction of sp³-hybridized carbons (Fsp3) is 0.327. The van der Waals surface area contributed by atoms with Gasteiger partial charge in [0.25, 0.3) is 5.52 Å². The lowest BCUT2D eigenvalue weighted by atomic mass is 9.12. The summed E-state index contributed by atoms with van der Waals surface area (Å²) in [6.45, 7) is 3.05. The normalized spacial score (nSPS) is 13.4. The number of halogens is 24. The molecule has 0 saturated carbocycles. The van der Waals surface area contributed by atoms with Crippen molar-refractivity contribution < 1.29 is 115 Å². The van der Waals surface area contributed by atoms with Gasteiger partial charge in [-0.15, -0.1) is 0 Å². The van der Waals surface area contributed by atoms with Crippen molar-refractivity contribution in [3.63, 3.8) is 0 Å². The first-order valence-electron chi connectivity index (χ1n) is 22.1. The van der Waals surface area contributed by atoms with Crippen molar-refractivity contribution in [1.29, 1.82) is 0 Å². The molecular formula is C49H36BF24NO. The molecule has 5 aromatic carbocycles. The van der Waals surface area contributed by atoms with E-state index in [1.807, 2.05) is 23.1 Å². The van der Waals surface area contributed by atoms with Crippen molar-refractivity contribution in [3.05, 3.63) is 160 Å². The molecule has 0 aliphatic heterocycles. The van der Waals surface area contributed by atoms with Crippen LogP contribution < -0.4 is 31.4 Å². The molecule has 0 atom stereocenters. The second-order valence-corrected chi connectivity index (χ2v) is 17.2. The Labute approximate surface area is 414 Å². The van der Waals surface area contributed by atoms with Crippen LogP contribution in [0.4, 0.5) is 105 Å². The van der Waals surface area contributed by atoms with Gasteiger partial charge in [-0.1, -0.05) is 93.3 Å². The molecule has 2 nitrogen and oxygen atoms in total. The molecule has 0 unspecified atom stereocenters. The molecule has 0 amide bonds. The standard InChI is InChI=1S/C32H12BF24.C17H24NO/c34-25(35,36)13-1-14(26(37,38)39)6-21(5-13)33(22-7-15(27(40,41)42)2-16(8-22)28(43,44)45,23-9-17(29(46,47)48)3-18(10-23)30(49,50)51)24-11-19(31(52,53)54)4-20(12-24)32(55,56)57;1-2-3-4-5-6-9-15-19-18-14-10-12-16-11-7-8-13-17(16)18/h1-12H;7-8,10-14H,2-6,9,15H2,1H3/q-1;+1. The Morgan fingerprint density at radius 2 is 0.605 bits per heavy atom. The Bertz CT molecular complexity index is 2520. The average Bonchev–Trinajstić information content (AvgIpc) is 3.29. The van der Waals surface area contributed by atoms with E-state index < -0.39 is 195 Å². The van der Waals surface area contributed by atoms with Gasteiger partial charge in [0.05, 0.1) is 49.9 Å². The second kappa shape index (κ2) is 22.0. The molecule has 0 bridgehead atoms. The van der Waals surface area contributed by atoms with Gasteiger partial charge in [0.2, 0.25) is 6.20 Å². The van der Waals surface area contributed by atoms with Crippen molar-refractivity contribution in [2.24, 2.45) is 0 Å². The number of rotatable bonds is 12. The van der Waals surface area contributed by atoms with Crippen LogP contribution in [0.1, 0.15) is 90.0 Å². The predicted octanol–water partition coefficient (Wildman–Crippen LogP) is 15.1. The SMILES string of the molecule is CCCCCCCCO[n+]1cccc2ccccc21.FC(F)(F)c1cc([B-](c2cc(C(F)(F)F)cc(C(F)(F)F)c2)(c2cc(C(F)(F)F)cc(C(F)(F)F)c2)c2cc(C(F)(F)F)cc(C(F)(F)F)c2)cc(C(F)(F)F)c1. The first-order valence-corrected chi connectivity index (χ1v) is 22.1. The number of para-hydroxylation sites is 1. The molecule has 6 aromatic rings. The summed E-state index contributed by atoms with van der Waals surface area (Å²) < 4.78 is 343. The van der Waals surface area contributed by atoms with Gasteiger partial charge in [-0.05, 0) is 49.2 Å². The molecule has 0 radical (unpaired) electrons. The maximum absolute atomic E-state index is 14.2. The van der Waals surface area contributed by atoms with Crippen LogP contribution in [-0.2, 0) is 49.4 Å². The van der Waals surface area contributed by atoms with Crippen molar-refractivity contribution in [2.75, 3.05) is 6.61 Å². The van der Waals surface area contributed by atoms with Crippen molar-refractivity contribution in [3.8, 4) is 0 Å². The second-order valence-electron chi connectivity index (χ2n) is 17.2. The third-order valence-corrected chi connectivity index (χ3v) is 11.8. The van der Waals surface area contributed by atoms with Gasteiger partial charge in [0.1, 0.15) is 6.15 Å². The first kappa shape index (κ1) is 60.6. The van der Waals surface area contributed by atoms with Crippen LogP contribution in [0, 0.1) is 0 Å². The average molecular weight is 1120 g/mol. The molecule has 0 aliphatic rings. The van der Waals surface area contributed by atoms with E-state index in [0.29, 0.717) is 0 Å². The zero-order chi connectivity index (χ0) is 57.3. The molecule has 0 saturated heterocycles. The topological polar surface area (TPSA) is 13.1 Å². The maximum Gasteiger partial charge on any atom is 0.416 e.